The molecular formula is C19H17FN4O. The standard InChI is InChI=1S/C19H17FN4O/c1-12-4-2-7-17(21-12)22-19(25)18-15-5-3-6-16(15)24(23-18)14-10-8-13(20)9-11-14/h2,4,7-11H,3,5-6H2,1H3,(H,21,22,25). The second-order valence-corrected chi connectivity index (χ2v) is 6.13. The van der Waals surface area contributed by atoms with Crippen molar-refractivity contribution >= 4 is 11.7 Å². The van der Waals surface area contributed by atoms with E-state index in [2.05, 4.69) is 15.4 Å². The Morgan fingerprint density at radius 2 is 1.96 bits per heavy atom. The summed E-state index contributed by atoms with van der Waals surface area (Å²) in [6.07, 6.45) is 2.66. The third kappa shape index (κ3) is 2.91. The maximum Gasteiger partial charge on any atom is 0.277 e. The number of nitrogens with zero attached hydrogens (tertiary/aromatic N) is 3. The van der Waals surface area contributed by atoms with Gasteiger partial charge in [0, 0.05) is 17.0 Å². The molecule has 6 heteroatoms. The van der Waals surface area contributed by atoms with Crippen LogP contribution >= 0.6 is 0 Å². The lowest BCUT2D eigenvalue weighted by Gasteiger charge is -2.05. The molecular weight excluding hydrogens is 319 g/mol. The van der Waals surface area contributed by atoms with Gasteiger partial charge in [0.2, 0.25) is 0 Å². The van der Waals surface area contributed by atoms with E-state index in [1.54, 1.807) is 22.9 Å². The summed E-state index contributed by atoms with van der Waals surface area (Å²) in [5.74, 6) is -0.0544. The Bertz CT molecular complexity index is 947. The summed E-state index contributed by atoms with van der Waals surface area (Å²) in [4.78, 5) is 17.0. The molecule has 0 saturated heterocycles. The van der Waals surface area contributed by atoms with E-state index in [4.69, 9.17) is 0 Å². The molecule has 0 spiro atoms. The Morgan fingerprint density at radius 1 is 1.16 bits per heavy atom. The van der Waals surface area contributed by atoms with E-state index in [0.29, 0.717) is 11.5 Å². The number of halogens is 1. The minimum atomic E-state index is -0.295. The molecule has 0 unspecified atom stereocenters. The minimum absolute atomic E-state index is 0.267. The highest BCUT2D eigenvalue weighted by atomic mass is 19.1. The summed E-state index contributed by atoms with van der Waals surface area (Å²) in [7, 11) is 0. The van der Waals surface area contributed by atoms with Crippen LogP contribution in [0, 0.1) is 12.7 Å². The van der Waals surface area contributed by atoms with Crippen molar-refractivity contribution in [1.29, 1.82) is 0 Å². The zero-order valence-electron chi connectivity index (χ0n) is 13.8. The summed E-state index contributed by atoms with van der Waals surface area (Å²) in [5, 5.41) is 7.32. The van der Waals surface area contributed by atoms with Crippen LogP contribution in [0.3, 0.4) is 0 Å². The number of carbonyl (C=O) groups excluding carboxylic acids is 1. The fourth-order valence-electron chi connectivity index (χ4n) is 3.20. The Labute approximate surface area is 144 Å². The second-order valence-electron chi connectivity index (χ2n) is 6.13. The first kappa shape index (κ1) is 15.5. The first-order chi connectivity index (χ1) is 12.1. The fourth-order valence-corrected chi connectivity index (χ4v) is 3.20. The van der Waals surface area contributed by atoms with Crippen molar-refractivity contribution in [3.63, 3.8) is 0 Å². The molecule has 126 valence electrons. The summed E-state index contributed by atoms with van der Waals surface area (Å²) in [5.41, 5.74) is 4.00. The summed E-state index contributed by atoms with van der Waals surface area (Å²) >= 11 is 0. The van der Waals surface area contributed by atoms with Gasteiger partial charge in [-0.25, -0.2) is 14.1 Å². The van der Waals surface area contributed by atoms with E-state index in [1.165, 1.54) is 12.1 Å². The van der Waals surface area contributed by atoms with E-state index in [0.717, 1.165) is 41.9 Å². The Morgan fingerprint density at radius 3 is 2.72 bits per heavy atom. The van der Waals surface area contributed by atoms with Gasteiger partial charge >= 0.3 is 0 Å². The Hall–Kier alpha value is -3.02. The Balaban J connectivity index is 1.69. The lowest BCUT2D eigenvalue weighted by molar-refractivity contribution is 0.102. The lowest BCUT2D eigenvalue weighted by atomic mass is 10.2. The van der Waals surface area contributed by atoms with Crippen LogP contribution < -0.4 is 5.32 Å². The largest absolute Gasteiger partial charge is 0.305 e. The maximum absolute atomic E-state index is 13.2. The zero-order valence-corrected chi connectivity index (χ0v) is 13.8. The maximum atomic E-state index is 13.2. The van der Waals surface area contributed by atoms with E-state index >= 15 is 0 Å². The van der Waals surface area contributed by atoms with E-state index in [1.807, 2.05) is 19.1 Å². The van der Waals surface area contributed by atoms with Crippen LogP contribution in [0.4, 0.5) is 10.2 Å². The SMILES string of the molecule is Cc1cccc(NC(=O)c2nn(-c3ccc(F)cc3)c3c2CCC3)n1. The molecule has 0 atom stereocenters. The van der Waals surface area contributed by atoms with Gasteiger partial charge in [-0.15, -0.1) is 0 Å². The first-order valence-electron chi connectivity index (χ1n) is 8.23. The van der Waals surface area contributed by atoms with Crippen molar-refractivity contribution in [1.82, 2.24) is 14.8 Å². The molecule has 1 aliphatic rings. The minimum Gasteiger partial charge on any atom is -0.305 e. The van der Waals surface area contributed by atoms with E-state index in [9.17, 15) is 9.18 Å². The zero-order chi connectivity index (χ0) is 17.4. The number of fused-ring (bicyclic) bond motifs is 1. The molecule has 5 nitrogen and oxygen atoms in total. The molecule has 2 aromatic heterocycles. The van der Waals surface area contributed by atoms with Crippen LogP contribution in [0.1, 0.15) is 33.9 Å². The molecule has 0 fully saturated rings. The fraction of sp³-hybridized carbons (Fsp3) is 0.211. The molecule has 0 aliphatic heterocycles. The van der Waals surface area contributed by atoms with Gasteiger partial charge in [0.05, 0.1) is 5.69 Å². The first-order valence-corrected chi connectivity index (χ1v) is 8.23. The third-order valence-electron chi connectivity index (χ3n) is 4.35. The number of hydrogen-bond donors (Lipinski definition) is 1. The summed E-state index contributed by atoms with van der Waals surface area (Å²) in [6.45, 7) is 1.87. The van der Waals surface area contributed by atoms with Gasteiger partial charge in [-0.05, 0) is 62.6 Å². The number of hydrogen-bond acceptors (Lipinski definition) is 3. The number of aromatic nitrogens is 3. The van der Waals surface area contributed by atoms with Crippen LogP contribution in [-0.2, 0) is 12.8 Å². The lowest BCUT2D eigenvalue weighted by Crippen LogP contribution is -2.16. The highest BCUT2D eigenvalue weighted by Gasteiger charge is 2.27. The van der Waals surface area contributed by atoms with Crippen LogP contribution in [0.25, 0.3) is 5.69 Å². The smallest absolute Gasteiger partial charge is 0.277 e. The number of nitrogens with one attached hydrogen (secondary N) is 1. The topological polar surface area (TPSA) is 59.8 Å². The average Bonchev–Trinajstić information content (AvgIpc) is 3.18. The van der Waals surface area contributed by atoms with Crippen molar-refractivity contribution in [3.05, 3.63) is 70.9 Å². The summed E-state index contributed by atoms with van der Waals surface area (Å²) < 4.78 is 14.9. The predicted molar refractivity (Wildman–Crippen MR) is 92.5 cm³/mol. The van der Waals surface area contributed by atoms with Crippen molar-refractivity contribution in [2.45, 2.75) is 26.2 Å². The number of benzene rings is 1. The summed E-state index contributed by atoms with van der Waals surface area (Å²) in [6, 6.07) is 11.6. The van der Waals surface area contributed by atoms with Gasteiger partial charge in [-0.3, -0.25) is 4.79 Å². The number of rotatable bonds is 3. The second kappa shape index (κ2) is 6.12. The van der Waals surface area contributed by atoms with Crippen molar-refractivity contribution in [2.75, 3.05) is 5.32 Å². The van der Waals surface area contributed by atoms with Gasteiger partial charge in [0.25, 0.3) is 5.91 Å². The number of carbonyl (C=O) groups is 1. The van der Waals surface area contributed by atoms with E-state index < -0.39 is 0 Å². The van der Waals surface area contributed by atoms with Crippen LogP contribution in [0.15, 0.2) is 42.5 Å². The van der Waals surface area contributed by atoms with Gasteiger partial charge in [-0.1, -0.05) is 6.07 Å². The van der Waals surface area contributed by atoms with Crippen molar-refractivity contribution in [2.24, 2.45) is 0 Å². The molecule has 0 saturated carbocycles. The molecule has 0 bridgehead atoms. The van der Waals surface area contributed by atoms with E-state index in [-0.39, 0.29) is 11.7 Å². The molecule has 1 N–H and O–H groups in total. The van der Waals surface area contributed by atoms with Gasteiger partial charge in [0.1, 0.15) is 11.6 Å². The molecule has 3 aromatic rings. The van der Waals surface area contributed by atoms with Crippen LogP contribution in [-0.4, -0.2) is 20.7 Å². The molecule has 25 heavy (non-hydrogen) atoms. The number of anilines is 1. The number of pyridine rings is 1. The van der Waals surface area contributed by atoms with Crippen molar-refractivity contribution in [3.8, 4) is 5.69 Å². The molecule has 1 aromatic carbocycles. The van der Waals surface area contributed by atoms with Gasteiger partial charge in [-0.2, -0.15) is 5.10 Å². The average molecular weight is 336 g/mol. The van der Waals surface area contributed by atoms with Crippen molar-refractivity contribution < 1.29 is 9.18 Å². The molecule has 1 aliphatic carbocycles. The molecule has 4 rings (SSSR count). The predicted octanol–water partition coefficient (Wildman–Crippen LogP) is 3.46. The molecule has 2 heterocycles. The Kier molecular flexibility index (Phi) is 3.80. The monoisotopic (exact) mass is 336 g/mol. The van der Waals surface area contributed by atoms with Crippen LogP contribution in [0.5, 0.6) is 0 Å². The normalized spacial score (nSPS) is 12.9. The molecule has 0 radical (unpaired) electrons. The van der Waals surface area contributed by atoms with Gasteiger partial charge in [0.15, 0.2) is 5.69 Å². The van der Waals surface area contributed by atoms with Gasteiger partial charge < -0.3 is 5.32 Å². The highest BCUT2D eigenvalue weighted by Crippen LogP contribution is 2.28. The van der Waals surface area contributed by atoms with Crippen LogP contribution in [0.2, 0.25) is 0 Å². The number of aryl methyl sites for hydroxylation is 1. The third-order valence-corrected chi connectivity index (χ3v) is 4.35. The molecule has 1 amide bonds. The highest BCUT2D eigenvalue weighted by molar-refractivity contribution is 6.03. The quantitative estimate of drug-likeness (QED) is 0.797. The number of amides is 1.